The predicted octanol–water partition coefficient (Wildman–Crippen LogP) is 3.51. The minimum atomic E-state index is -1.18. The molecule has 0 aromatic heterocycles. The van der Waals surface area contributed by atoms with Gasteiger partial charge in [-0.05, 0) is 69.2 Å². The third kappa shape index (κ3) is 4.94. The molecule has 3 aliphatic rings. The van der Waals surface area contributed by atoms with Crippen molar-refractivity contribution in [3.63, 3.8) is 0 Å². The topological polar surface area (TPSA) is 106 Å². The molecule has 3 fully saturated rings. The highest BCUT2D eigenvalue weighted by Crippen LogP contribution is 2.65. The number of carbonyl (C=O) groups excluding carboxylic acids is 3. The summed E-state index contributed by atoms with van der Waals surface area (Å²) in [6.45, 7) is 11.9. The van der Waals surface area contributed by atoms with Gasteiger partial charge in [0, 0.05) is 25.4 Å². The van der Waals surface area contributed by atoms with Crippen LogP contribution in [0, 0.1) is 17.8 Å². The molecule has 40 heavy (non-hydrogen) atoms. The van der Waals surface area contributed by atoms with E-state index in [4.69, 9.17) is 14.2 Å². The first-order valence-corrected chi connectivity index (χ1v) is 14.2. The van der Waals surface area contributed by atoms with E-state index in [0.29, 0.717) is 30.7 Å². The molecule has 2 amide bonds. The minimum absolute atomic E-state index is 0.0863. The molecule has 2 bridgehead atoms. The number of fused-ring (bicyclic) bond motifs is 1. The fraction of sp³-hybridized carbons (Fsp3) is 0.581. The molecule has 0 radical (unpaired) electrons. The SMILES string of the molecule is C=CCCCCOC(=O)[C@H]1[C@H]2C(=O)N(CCCO)C(C(=O)N(CC=C)c3ccc(OC)cc3)C23CC(C)[C@]1(C)O3. The Bertz CT molecular complexity index is 1120. The third-order valence-electron chi connectivity index (χ3n) is 8.87. The van der Waals surface area contributed by atoms with Crippen molar-refractivity contribution in [1.82, 2.24) is 4.90 Å². The largest absolute Gasteiger partial charge is 0.497 e. The number of anilines is 1. The van der Waals surface area contributed by atoms with Gasteiger partial charge in [-0.3, -0.25) is 14.4 Å². The van der Waals surface area contributed by atoms with Gasteiger partial charge in [-0.25, -0.2) is 0 Å². The number of allylic oxidation sites excluding steroid dienone is 1. The average molecular weight is 555 g/mol. The van der Waals surface area contributed by atoms with Gasteiger partial charge in [0.2, 0.25) is 5.91 Å². The van der Waals surface area contributed by atoms with Crippen molar-refractivity contribution in [1.29, 1.82) is 0 Å². The second-order valence-corrected chi connectivity index (χ2v) is 11.2. The number of amides is 2. The molecule has 3 aliphatic heterocycles. The van der Waals surface area contributed by atoms with Crippen molar-refractivity contribution >= 4 is 23.5 Å². The lowest BCUT2D eigenvalue weighted by atomic mass is 9.62. The van der Waals surface area contributed by atoms with Crippen LogP contribution in [0.15, 0.2) is 49.6 Å². The van der Waals surface area contributed by atoms with Crippen molar-refractivity contribution in [3.05, 3.63) is 49.6 Å². The lowest BCUT2D eigenvalue weighted by Gasteiger charge is -2.37. The van der Waals surface area contributed by atoms with E-state index in [1.54, 1.807) is 42.4 Å². The molecule has 3 saturated heterocycles. The monoisotopic (exact) mass is 554 g/mol. The molecular weight excluding hydrogens is 512 g/mol. The van der Waals surface area contributed by atoms with Crippen LogP contribution in [0.2, 0.25) is 0 Å². The first-order valence-electron chi connectivity index (χ1n) is 14.2. The number of likely N-dealkylation sites (tertiary alicyclic amines) is 1. The first kappa shape index (κ1) is 29.8. The van der Waals surface area contributed by atoms with Crippen LogP contribution in [0.3, 0.4) is 0 Å². The smallest absolute Gasteiger partial charge is 0.312 e. The van der Waals surface area contributed by atoms with Crippen molar-refractivity contribution in [2.45, 2.75) is 63.2 Å². The summed E-state index contributed by atoms with van der Waals surface area (Å²) in [6.07, 6.45) is 6.61. The third-order valence-corrected chi connectivity index (χ3v) is 8.87. The van der Waals surface area contributed by atoms with E-state index < -0.39 is 35.0 Å². The zero-order valence-corrected chi connectivity index (χ0v) is 23.8. The summed E-state index contributed by atoms with van der Waals surface area (Å²) in [5, 5.41) is 9.60. The van der Waals surface area contributed by atoms with E-state index in [9.17, 15) is 19.5 Å². The molecule has 1 N–H and O–H groups in total. The first-order chi connectivity index (χ1) is 19.2. The number of aliphatic hydroxyl groups is 1. The van der Waals surface area contributed by atoms with Crippen LogP contribution in [-0.2, 0) is 23.9 Å². The summed E-state index contributed by atoms with van der Waals surface area (Å²) >= 11 is 0. The number of hydrogen-bond donors (Lipinski definition) is 1. The number of methoxy groups -OCH3 is 1. The zero-order chi connectivity index (χ0) is 29.1. The fourth-order valence-electron chi connectivity index (χ4n) is 6.87. The Morgan fingerprint density at radius 3 is 2.55 bits per heavy atom. The molecule has 1 aromatic rings. The van der Waals surface area contributed by atoms with E-state index >= 15 is 0 Å². The maximum absolute atomic E-state index is 14.5. The highest BCUT2D eigenvalue weighted by Gasteiger charge is 2.80. The molecular formula is C31H42N2O7. The maximum Gasteiger partial charge on any atom is 0.312 e. The molecule has 3 heterocycles. The van der Waals surface area contributed by atoms with E-state index in [1.165, 1.54) is 4.90 Å². The van der Waals surface area contributed by atoms with Crippen LogP contribution in [0.5, 0.6) is 5.75 Å². The summed E-state index contributed by atoms with van der Waals surface area (Å²) in [5.41, 5.74) is -1.50. The Balaban J connectivity index is 1.71. The summed E-state index contributed by atoms with van der Waals surface area (Å²) < 4.78 is 17.7. The summed E-state index contributed by atoms with van der Waals surface area (Å²) in [5.74, 6) is -2.18. The van der Waals surface area contributed by atoms with E-state index in [0.717, 1.165) is 12.8 Å². The summed E-state index contributed by atoms with van der Waals surface area (Å²) in [4.78, 5) is 45.3. The van der Waals surface area contributed by atoms with Crippen molar-refractivity contribution in [2.75, 3.05) is 38.3 Å². The molecule has 9 nitrogen and oxygen atoms in total. The number of ether oxygens (including phenoxy) is 3. The van der Waals surface area contributed by atoms with Crippen LogP contribution in [0.4, 0.5) is 5.69 Å². The van der Waals surface area contributed by atoms with E-state index in [1.807, 2.05) is 19.9 Å². The van der Waals surface area contributed by atoms with Crippen LogP contribution < -0.4 is 9.64 Å². The van der Waals surface area contributed by atoms with Crippen molar-refractivity contribution in [2.24, 2.45) is 17.8 Å². The second kappa shape index (κ2) is 12.1. The van der Waals surface area contributed by atoms with Crippen LogP contribution >= 0.6 is 0 Å². The predicted molar refractivity (Wildman–Crippen MR) is 151 cm³/mol. The lowest BCUT2D eigenvalue weighted by Crippen LogP contribution is -2.57. The Kier molecular flexibility index (Phi) is 9.05. The summed E-state index contributed by atoms with van der Waals surface area (Å²) in [7, 11) is 1.57. The number of carbonyl (C=O) groups is 3. The van der Waals surface area contributed by atoms with Gasteiger partial charge in [-0.1, -0.05) is 19.1 Å². The molecule has 0 saturated carbocycles. The number of esters is 1. The van der Waals surface area contributed by atoms with Gasteiger partial charge in [-0.15, -0.1) is 13.2 Å². The zero-order valence-electron chi connectivity index (χ0n) is 23.8. The number of unbranched alkanes of at least 4 members (excludes halogenated alkanes) is 2. The van der Waals surface area contributed by atoms with Crippen LogP contribution in [0.25, 0.3) is 0 Å². The van der Waals surface area contributed by atoms with Gasteiger partial charge in [0.15, 0.2) is 0 Å². The maximum atomic E-state index is 14.5. The van der Waals surface area contributed by atoms with Gasteiger partial charge in [-0.2, -0.15) is 0 Å². The van der Waals surface area contributed by atoms with Gasteiger partial charge in [0.1, 0.15) is 23.3 Å². The number of rotatable bonds is 14. The molecule has 1 spiro atoms. The lowest BCUT2D eigenvalue weighted by molar-refractivity contribution is -0.161. The number of aliphatic hydroxyl groups excluding tert-OH is 1. The second-order valence-electron chi connectivity index (χ2n) is 11.2. The Morgan fingerprint density at radius 1 is 1.20 bits per heavy atom. The van der Waals surface area contributed by atoms with E-state index in [-0.39, 0.29) is 44.0 Å². The Hall–Kier alpha value is -3.17. The standard InChI is InChI=1S/C31H42N2O7/c1-6-8-9-10-19-39-29(37)25-24-27(35)33(17-11-18-34)26(31(24)20-21(3)30(25,4)40-31)28(36)32(16-7-2)22-12-14-23(38-5)15-13-22/h6-7,12-15,21,24-26,34H,1-2,8-11,16-20H2,3-5H3/t21?,24-,25+,26?,30-,31?/m0/s1. The summed E-state index contributed by atoms with van der Waals surface area (Å²) in [6, 6.07) is 6.14. The number of hydrogen-bond acceptors (Lipinski definition) is 7. The molecule has 9 heteroatoms. The Morgan fingerprint density at radius 2 is 1.93 bits per heavy atom. The number of benzene rings is 1. The average Bonchev–Trinajstić information content (AvgIpc) is 3.46. The quantitative estimate of drug-likeness (QED) is 0.213. The van der Waals surface area contributed by atoms with Gasteiger partial charge < -0.3 is 29.1 Å². The van der Waals surface area contributed by atoms with Crippen molar-refractivity contribution < 1.29 is 33.7 Å². The number of nitrogens with zero attached hydrogens (tertiary/aromatic N) is 2. The van der Waals surface area contributed by atoms with Gasteiger partial charge >= 0.3 is 5.97 Å². The van der Waals surface area contributed by atoms with Crippen molar-refractivity contribution in [3.8, 4) is 5.75 Å². The highest BCUT2D eigenvalue weighted by molar-refractivity contribution is 6.04. The van der Waals surface area contributed by atoms with Crippen LogP contribution in [0.1, 0.15) is 46.0 Å². The Labute approximate surface area is 236 Å². The highest BCUT2D eigenvalue weighted by atomic mass is 16.6. The normalized spacial score (nSPS) is 30.2. The minimum Gasteiger partial charge on any atom is -0.497 e. The molecule has 6 atom stereocenters. The fourth-order valence-corrected chi connectivity index (χ4v) is 6.87. The molecule has 4 rings (SSSR count). The molecule has 1 aromatic carbocycles. The van der Waals surface area contributed by atoms with Gasteiger partial charge in [0.25, 0.3) is 5.91 Å². The van der Waals surface area contributed by atoms with Gasteiger partial charge in [0.05, 0.1) is 25.2 Å². The molecule has 218 valence electrons. The van der Waals surface area contributed by atoms with E-state index in [2.05, 4.69) is 13.2 Å². The van der Waals surface area contributed by atoms with Crippen LogP contribution in [-0.4, -0.2) is 78.4 Å². The molecule has 3 unspecified atom stereocenters. The molecule has 0 aliphatic carbocycles.